The number of aryl methyl sites for hydroxylation is 1. The topological polar surface area (TPSA) is 46.6 Å². The second-order valence-electron chi connectivity index (χ2n) is 5.31. The van der Waals surface area contributed by atoms with Crippen LogP contribution in [0, 0.1) is 6.92 Å². The first-order valence-corrected chi connectivity index (χ1v) is 8.76. The molecular weight excluding hydrogens is 310 g/mol. The molecule has 0 N–H and O–H groups in total. The third kappa shape index (κ3) is 4.68. The number of ether oxygens (including phenoxy) is 1. The molecule has 0 aliphatic carbocycles. The molecule has 0 fully saturated rings. The van der Waals surface area contributed by atoms with Crippen LogP contribution in [-0.4, -0.2) is 19.8 Å². The second-order valence-corrected chi connectivity index (χ2v) is 7.19. The summed E-state index contributed by atoms with van der Waals surface area (Å²) in [5, 5.41) is 0.991. The van der Waals surface area contributed by atoms with E-state index in [1.807, 2.05) is 55.5 Å². The molecule has 0 radical (unpaired) electrons. The molecule has 2 rings (SSSR count). The van der Waals surface area contributed by atoms with Gasteiger partial charge < -0.3 is 4.74 Å². The van der Waals surface area contributed by atoms with E-state index in [1.165, 1.54) is 4.31 Å². The first-order chi connectivity index (χ1) is 10.9. The molecule has 0 spiro atoms. The van der Waals surface area contributed by atoms with Gasteiger partial charge in [0.15, 0.2) is 0 Å². The molecule has 0 aliphatic heterocycles. The van der Waals surface area contributed by atoms with Gasteiger partial charge in [0, 0.05) is 18.5 Å². The van der Waals surface area contributed by atoms with E-state index < -0.39 is 10.0 Å². The predicted octanol–water partition coefficient (Wildman–Crippen LogP) is 3.48. The van der Waals surface area contributed by atoms with Gasteiger partial charge in [-0.15, -0.1) is 0 Å². The molecule has 4 nitrogen and oxygen atoms in total. The van der Waals surface area contributed by atoms with Crippen molar-refractivity contribution >= 4 is 10.0 Å². The third-order valence-electron chi connectivity index (χ3n) is 3.57. The fourth-order valence-electron chi connectivity index (χ4n) is 2.17. The highest BCUT2D eigenvalue weighted by molar-refractivity contribution is 7.91. The maximum absolute atomic E-state index is 12.3. The second kappa shape index (κ2) is 7.44. The normalized spacial score (nSPS) is 11.4. The van der Waals surface area contributed by atoms with Crippen LogP contribution < -0.4 is 4.74 Å². The Kier molecular flexibility index (Phi) is 5.58. The summed E-state index contributed by atoms with van der Waals surface area (Å²) in [4.78, 5) is 0. The van der Waals surface area contributed by atoms with Crippen molar-refractivity contribution in [3.8, 4) is 5.75 Å². The van der Waals surface area contributed by atoms with Crippen LogP contribution in [0.25, 0.3) is 0 Å². The monoisotopic (exact) mass is 331 g/mol. The minimum atomic E-state index is -3.52. The van der Waals surface area contributed by atoms with Crippen LogP contribution in [0.15, 0.2) is 60.5 Å². The summed E-state index contributed by atoms with van der Waals surface area (Å²) in [5.41, 5.74) is 2.97. The zero-order chi connectivity index (χ0) is 16.9. The molecule has 0 bridgehead atoms. The molecule has 2 aromatic rings. The lowest BCUT2D eigenvalue weighted by Crippen LogP contribution is -2.28. The van der Waals surface area contributed by atoms with Gasteiger partial charge in [-0.1, -0.05) is 48.5 Å². The Hall–Kier alpha value is -2.11. The van der Waals surface area contributed by atoms with Crippen LogP contribution in [0.1, 0.15) is 16.7 Å². The Morgan fingerprint density at radius 2 is 1.48 bits per heavy atom. The lowest BCUT2D eigenvalue weighted by Gasteiger charge is -2.20. The standard InChI is InChI=1S/C18H21NO3S/c1-4-23(20,21)19(13-16-7-5-15(2)6-8-16)14-17-9-11-18(22-3)12-10-17/h4-12H,1,13-14H2,2-3H3. The molecule has 0 saturated heterocycles. The Morgan fingerprint density at radius 1 is 1.00 bits per heavy atom. The van der Waals surface area contributed by atoms with Gasteiger partial charge in [0.2, 0.25) is 10.0 Å². The fourth-order valence-corrected chi connectivity index (χ4v) is 3.04. The quantitative estimate of drug-likeness (QED) is 0.780. The van der Waals surface area contributed by atoms with Crippen LogP contribution in [0.2, 0.25) is 0 Å². The molecule has 0 unspecified atom stereocenters. The summed E-state index contributed by atoms with van der Waals surface area (Å²) >= 11 is 0. The summed E-state index contributed by atoms with van der Waals surface area (Å²) < 4.78 is 31.1. The highest BCUT2D eigenvalue weighted by atomic mass is 32.2. The van der Waals surface area contributed by atoms with Gasteiger partial charge in [0.1, 0.15) is 5.75 Å². The van der Waals surface area contributed by atoms with Gasteiger partial charge in [0.25, 0.3) is 0 Å². The van der Waals surface area contributed by atoms with Gasteiger partial charge >= 0.3 is 0 Å². The van der Waals surface area contributed by atoms with E-state index >= 15 is 0 Å². The van der Waals surface area contributed by atoms with Gasteiger partial charge in [-0.05, 0) is 30.2 Å². The zero-order valence-electron chi connectivity index (χ0n) is 13.4. The lowest BCUT2D eigenvalue weighted by atomic mass is 10.1. The van der Waals surface area contributed by atoms with Crippen molar-refractivity contribution in [3.63, 3.8) is 0 Å². The summed E-state index contributed by atoms with van der Waals surface area (Å²) in [5.74, 6) is 0.741. The number of rotatable bonds is 7. The number of methoxy groups -OCH3 is 1. The summed E-state index contributed by atoms with van der Waals surface area (Å²) in [6.07, 6.45) is 0. The first-order valence-electron chi connectivity index (χ1n) is 7.25. The van der Waals surface area contributed by atoms with Crippen LogP contribution in [-0.2, 0) is 23.1 Å². The van der Waals surface area contributed by atoms with Gasteiger partial charge in [0.05, 0.1) is 7.11 Å². The van der Waals surface area contributed by atoms with E-state index in [0.717, 1.165) is 27.8 Å². The van der Waals surface area contributed by atoms with Gasteiger partial charge in [-0.3, -0.25) is 0 Å². The molecule has 0 atom stereocenters. The smallest absolute Gasteiger partial charge is 0.236 e. The molecule has 122 valence electrons. The van der Waals surface area contributed by atoms with Crippen LogP contribution in [0.3, 0.4) is 0 Å². The molecule has 0 amide bonds. The van der Waals surface area contributed by atoms with Crippen LogP contribution in [0.4, 0.5) is 0 Å². The van der Waals surface area contributed by atoms with E-state index in [9.17, 15) is 8.42 Å². The SMILES string of the molecule is C=CS(=O)(=O)N(Cc1ccc(C)cc1)Cc1ccc(OC)cc1. The van der Waals surface area contributed by atoms with Crippen molar-refractivity contribution in [1.29, 1.82) is 0 Å². The largest absolute Gasteiger partial charge is 0.497 e. The van der Waals surface area contributed by atoms with Gasteiger partial charge in [-0.25, -0.2) is 8.42 Å². The van der Waals surface area contributed by atoms with E-state index in [0.29, 0.717) is 6.54 Å². The van der Waals surface area contributed by atoms with E-state index in [2.05, 4.69) is 6.58 Å². The number of hydrogen-bond acceptors (Lipinski definition) is 3. The average molecular weight is 331 g/mol. The Bertz CT molecular complexity index is 750. The van der Waals surface area contributed by atoms with E-state index in [-0.39, 0.29) is 6.54 Å². The fraction of sp³-hybridized carbons (Fsp3) is 0.222. The third-order valence-corrected chi connectivity index (χ3v) is 4.97. The highest BCUT2D eigenvalue weighted by Gasteiger charge is 2.19. The predicted molar refractivity (Wildman–Crippen MR) is 92.5 cm³/mol. The van der Waals surface area contributed by atoms with Crippen molar-refractivity contribution < 1.29 is 13.2 Å². The number of sulfonamides is 1. The van der Waals surface area contributed by atoms with Crippen LogP contribution in [0.5, 0.6) is 5.75 Å². The zero-order valence-corrected chi connectivity index (χ0v) is 14.2. The Morgan fingerprint density at radius 3 is 1.91 bits per heavy atom. The number of benzene rings is 2. The van der Waals surface area contributed by atoms with Gasteiger partial charge in [-0.2, -0.15) is 4.31 Å². The summed E-state index contributed by atoms with van der Waals surface area (Å²) in [7, 11) is -1.92. The molecule has 5 heteroatoms. The van der Waals surface area contributed by atoms with E-state index in [1.54, 1.807) is 7.11 Å². The van der Waals surface area contributed by atoms with Crippen molar-refractivity contribution in [2.24, 2.45) is 0 Å². The first kappa shape index (κ1) is 17.2. The minimum absolute atomic E-state index is 0.284. The van der Waals surface area contributed by atoms with Crippen molar-refractivity contribution in [1.82, 2.24) is 4.31 Å². The number of hydrogen-bond donors (Lipinski definition) is 0. The summed E-state index contributed by atoms with van der Waals surface area (Å²) in [6.45, 7) is 6.02. The van der Waals surface area contributed by atoms with Crippen molar-refractivity contribution in [2.45, 2.75) is 20.0 Å². The van der Waals surface area contributed by atoms with Crippen LogP contribution >= 0.6 is 0 Å². The Balaban J connectivity index is 2.23. The summed E-state index contributed by atoms with van der Waals surface area (Å²) in [6, 6.07) is 15.2. The van der Waals surface area contributed by atoms with Crippen molar-refractivity contribution in [3.05, 3.63) is 77.2 Å². The minimum Gasteiger partial charge on any atom is -0.497 e. The maximum Gasteiger partial charge on any atom is 0.236 e. The Labute approximate surface area is 138 Å². The molecule has 2 aromatic carbocycles. The molecule has 0 aliphatic rings. The molecular formula is C18H21NO3S. The lowest BCUT2D eigenvalue weighted by molar-refractivity contribution is 0.404. The molecule has 23 heavy (non-hydrogen) atoms. The van der Waals surface area contributed by atoms with E-state index in [4.69, 9.17) is 4.74 Å². The highest BCUT2D eigenvalue weighted by Crippen LogP contribution is 2.18. The number of nitrogens with zero attached hydrogens (tertiary/aromatic N) is 1. The average Bonchev–Trinajstić information content (AvgIpc) is 2.57. The molecule has 0 saturated carbocycles. The maximum atomic E-state index is 12.3. The molecule has 0 aromatic heterocycles. The van der Waals surface area contributed by atoms with Crippen molar-refractivity contribution in [2.75, 3.05) is 7.11 Å². The molecule has 0 heterocycles.